The third-order valence-electron chi connectivity index (χ3n) is 6.49. The molecule has 0 saturated carbocycles. The summed E-state index contributed by atoms with van der Waals surface area (Å²) < 4.78 is 5.30. The van der Waals surface area contributed by atoms with Gasteiger partial charge in [-0.05, 0) is 30.4 Å². The third kappa shape index (κ3) is 7.15. The predicted molar refractivity (Wildman–Crippen MR) is 133 cm³/mol. The highest BCUT2D eigenvalue weighted by atomic mass is 16.7. The molecule has 188 valence electrons. The minimum atomic E-state index is -0.617. The van der Waals surface area contributed by atoms with Gasteiger partial charge in [0.1, 0.15) is 13.2 Å². The fourth-order valence-electron chi connectivity index (χ4n) is 4.61. The third-order valence-corrected chi connectivity index (χ3v) is 6.49. The number of nitrogens with zero attached hydrogens (tertiary/aromatic N) is 2. The molecule has 1 unspecified atom stereocenters. The van der Waals surface area contributed by atoms with E-state index in [-0.39, 0.29) is 25.2 Å². The molecule has 0 aromatic heterocycles. The molecule has 1 heterocycles. The average Bonchev–Trinajstić information content (AvgIpc) is 3.25. The van der Waals surface area contributed by atoms with E-state index in [2.05, 4.69) is 6.92 Å². The maximum absolute atomic E-state index is 13.9. The van der Waals surface area contributed by atoms with Gasteiger partial charge in [-0.15, -0.1) is 0 Å². The number of imide groups is 1. The monoisotopic (exact) mass is 480 g/mol. The zero-order valence-corrected chi connectivity index (χ0v) is 20.7. The summed E-state index contributed by atoms with van der Waals surface area (Å²) >= 11 is 0. The van der Waals surface area contributed by atoms with Crippen molar-refractivity contribution in [1.29, 1.82) is 0 Å². The lowest BCUT2D eigenvalue weighted by Gasteiger charge is -2.34. The molecule has 1 aliphatic rings. The lowest BCUT2D eigenvalue weighted by atomic mass is 9.89. The number of rotatable bonds is 14. The molecule has 2 aromatic rings. The van der Waals surface area contributed by atoms with Crippen LogP contribution in [0.1, 0.15) is 57.1 Å². The number of hydrogen-bond donors (Lipinski definition) is 0. The van der Waals surface area contributed by atoms with Crippen LogP contribution in [0.15, 0.2) is 60.7 Å². The number of hydroxylamine groups is 2. The topological polar surface area (TPSA) is 76.2 Å². The Bertz CT molecular complexity index is 937. The van der Waals surface area contributed by atoms with Gasteiger partial charge in [-0.2, -0.15) is 0 Å². The van der Waals surface area contributed by atoms with Crippen molar-refractivity contribution in [3.05, 3.63) is 71.8 Å². The maximum atomic E-state index is 13.9. The number of carbonyl (C=O) groups excluding carboxylic acids is 3. The van der Waals surface area contributed by atoms with Gasteiger partial charge >= 0.3 is 6.09 Å². The highest BCUT2D eigenvalue weighted by Gasteiger charge is 2.43. The SMILES string of the molecule is CCCCC[C@@H](C(=O)N1C(=O)OC[C@@H]1Cc1ccccc1)C(CC)N(C=O)OCc1ccccc1. The van der Waals surface area contributed by atoms with Crippen molar-refractivity contribution in [1.82, 2.24) is 9.96 Å². The van der Waals surface area contributed by atoms with Gasteiger partial charge in [0.05, 0.1) is 18.0 Å². The molecule has 0 bridgehead atoms. The molecule has 1 saturated heterocycles. The molecule has 7 heteroatoms. The zero-order valence-electron chi connectivity index (χ0n) is 20.7. The quantitative estimate of drug-likeness (QED) is 0.213. The number of hydrogen-bond acceptors (Lipinski definition) is 5. The zero-order chi connectivity index (χ0) is 25.0. The maximum Gasteiger partial charge on any atom is 0.416 e. The van der Waals surface area contributed by atoms with Gasteiger partial charge in [-0.3, -0.25) is 14.4 Å². The van der Waals surface area contributed by atoms with Gasteiger partial charge in [0, 0.05) is 0 Å². The van der Waals surface area contributed by atoms with E-state index in [9.17, 15) is 14.4 Å². The van der Waals surface area contributed by atoms with E-state index in [0.29, 0.717) is 25.7 Å². The highest BCUT2D eigenvalue weighted by molar-refractivity contribution is 5.95. The van der Waals surface area contributed by atoms with E-state index >= 15 is 0 Å². The molecule has 3 atom stereocenters. The molecular formula is C28H36N2O5. The Hall–Kier alpha value is -3.19. The van der Waals surface area contributed by atoms with Crippen LogP contribution in [-0.2, 0) is 32.2 Å². The smallest absolute Gasteiger partial charge is 0.416 e. The van der Waals surface area contributed by atoms with Crippen molar-refractivity contribution in [3.8, 4) is 0 Å². The van der Waals surface area contributed by atoms with Crippen LogP contribution < -0.4 is 0 Å². The lowest BCUT2D eigenvalue weighted by Crippen LogP contribution is -2.50. The number of benzene rings is 2. The highest BCUT2D eigenvalue weighted by Crippen LogP contribution is 2.28. The molecule has 3 amide bonds. The molecule has 1 fully saturated rings. The van der Waals surface area contributed by atoms with E-state index in [4.69, 9.17) is 9.57 Å². The van der Waals surface area contributed by atoms with Crippen molar-refractivity contribution in [2.24, 2.45) is 5.92 Å². The van der Waals surface area contributed by atoms with Crippen molar-refractivity contribution in [2.75, 3.05) is 6.61 Å². The number of carbonyl (C=O) groups is 3. The first kappa shape index (κ1) is 26.4. The Morgan fingerprint density at radius 1 is 1.09 bits per heavy atom. The molecule has 2 aromatic carbocycles. The van der Waals surface area contributed by atoms with Gasteiger partial charge in [0.2, 0.25) is 12.3 Å². The molecule has 7 nitrogen and oxygen atoms in total. The summed E-state index contributed by atoms with van der Waals surface area (Å²) in [6, 6.07) is 18.5. The summed E-state index contributed by atoms with van der Waals surface area (Å²) in [5.74, 6) is -0.872. The molecular weight excluding hydrogens is 444 g/mol. The van der Waals surface area contributed by atoms with Crippen molar-refractivity contribution in [2.45, 2.75) is 71.1 Å². The van der Waals surface area contributed by atoms with Gasteiger partial charge in [0.25, 0.3) is 0 Å². The Kier molecular flexibility index (Phi) is 10.3. The summed E-state index contributed by atoms with van der Waals surface area (Å²) in [6.45, 7) is 4.41. The Labute approximate surface area is 208 Å². The minimum Gasteiger partial charge on any atom is -0.447 e. The largest absolute Gasteiger partial charge is 0.447 e. The van der Waals surface area contributed by atoms with E-state index in [1.807, 2.05) is 67.6 Å². The van der Waals surface area contributed by atoms with E-state index < -0.39 is 18.1 Å². The number of cyclic esters (lactones) is 1. The molecule has 0 aliphatic carbocycles. The predicted octanol–water partition coefficient (Wildman–Crippen LogP) is 5.14. The van der Waals surface area contributed by atoms with Crippen LogP contribution >= 0.6 is 0 Å². The van der Waals surface area contributed by atoms with Crippen LogP contribution in [0.25, 0.3) is 0 Å². The fourth-order valence-corrected chi connectivity index (χ4v) is 4.61. The summed E-state index contributed by atoms with van der Waals surface area (Å²) in [5, 5.41) is 1.26. The first-order valence-electron chi connectivity index (χ1n) is 12.5. The fraction of sp³-hybridized carbons (Fsp3) is 0.464. The Balaban J connectivity index is 1.80. The van der Waals surface area contributed by atoms with Crippen LogP contribution in [0.5, 0.6) is 0 Å². The average molecular weight is 481 g/mol. The van der Waals surface area contributed by atoms with Crippen LogP contribution in [0.4, 0.5) is 4.79 Å². The van der Waals surface area contributed by atoms with E-state index in [1.54, 1.807) is 0 Å². The summed E-state index contributed by atoms with van der Waals surface area (Å²) in [6.07, 6.45) is 4.41. The lowest BCUT2D eigenvalue weighted by molar-refractivity contribution is -0.201. The van der Waals surface area contributed by atoms with Crippen LogP contribution in [0.3, 0.4) is 0 Å². The van der Waals surface area contributed by atoms with Gasteiger partial charge in [-0.1, -0.05) is 93.8 Å². The van der Waals surface area contributed by atoms with Gasteiger partial charge in [0.15, 0.2) is 0 Å². The van der Waals surface area contributed by atoms with Crippen molar-refractivity contribution < 1.29 is 24.0 Å². The van der Waals surface area contributed by atoms with Gasteiger partial charge in [-0.25, -0.2) is 14.8 Å². The van der Waals surface area contributed by atoms with Crippen LogP contribution in [0.2, 0.25) is 0 Å². The molecule has 35 heavy (non-hydrogen) atoms. The first-order valence-corrected chi connectivity index (χ1v) is 12.5. The molecule has 0 N–H and O–H groups in total. The Morgan fingerprint density at radius 3 is 2.34 bits per heavy atom. The van der Waals surface area contributed by atoms with Crippen molar-refractivity contribution >= 4 is 18.4 Å². The molecule has 0 spiro atoms. The normalized spacial score (nSPS) is 17.0. The summed E-state index contributed by atoms with van der Waals surface area (Å²) in [7, 11) is 0. The standard InChI is InChI=1S/C28H36N2O5/c1-3-5-8-17-25(26(4-2)29(21-31)35-19-23-15-11-7-12-16-23)27(32)30-24(20-34-28(30)33)18-22-13-9-6-10-14-22/h6-7,9-16,21,24-26H,3-5,8,17-20H2,1-2H3/t24-,25+,26?/m0/s1. The minimum absolute atomic E-state index is 0.167. The molecule has 1 aliphatic heterocycles. The number of ether oxygens (including phenoxy) is 1. The summed E-state index contributed by atoms with van der Waals surface area (Å²) in [4.78, 5) is 45.7. The van der Waals surface area contributed by atoms with Crippen LogP contribution in [-0.4, -0.2) is 47.1 Å². The second-order valence-corrected chi connectivity index (χ2v) is 8.93. The van der Waals surface area contributed by atoms with Gasteiger partial charge < -0.3 is 4.74 Å². The second-order valence-electron chi connectivity index (χ2n) is 8.93. The Morgan fingerprint density at radius 2 is 1.74 bits per heavy atom. The second kappa shape index (κ2) is 13.6. The van der Waals surface area contributed by atoms with E-state index in [0.717, 1.165) is 30.4 Å². The van der Waals surface area contributed by atoms with Crippen molar-refractivity contribution in [3.63, 3.8) is 0 Å². The number of amides is 3. The van der Waals surface area contributed by atoms with E-state index in [1.165, 1.54) is 9.96 Å². The number of unbranched alkanes of at least 4 members (excludes halogenated alkanes) is 2. The first-order chi connectivity index (χ1) is 17.1. The van der Waals surface area contributed by atoms with Crippen LogP contribution in [0, 0.1) is 5.92 Å². The summed E-state index contributed by atoms with van der Waals surface area (Å²) in [5.41, 5.74) is 1.96. The molecule has 3 rings (SSSR count). The molecule has 0 radical (unpaired) electrons.